The molecule has 0 atom stereocenters. The molecule has 0 saturated carbocycles. The van der Waals surface area contributed by atoms with Crippen molar-refractivity contribution in [2.45, 2.75) is 6.61 Å². The Morgan fingerprint density at radius 3 is 2.77 bits per heavy atom. The summed E-state index contributed by atoms with van der Waals surface area (Å²) in [4.78, 5) is 27.1. The second-order valence-corrected chi connectivity index (χ2v) is 5.64. The number of hydrazone groups is 1. The lowest BCUT2D eigenvalue weighted by molar-refractivity contribution is -0.0530. The molecule has 3 rings (SSSR count). The number of aromatic nitrogens is 4. The number of carbonyl (C=O) groups excluding carboxylic acids is 1. The highest BCUT2D eigenvalue weighted by Crippen LogP contribution is 2.28. The lowest BCUT2D eigenvalue weighted by Gasteiger charge is -2.07. The van der Waals surface area contributed by atoms with Crippen LogP contribution in [0.4, 0.5) is 13.2 Å². The number of pyridine rings is 2. The van der Waals surface area contributed by atoms with Crippen molar-refractivity contribution in [1.82, 2.24) is 25.4 Å². The second-order valence-electron chi connectivity index (χ2n) is 5.64. The zero-order chi connectivity index (χ0) is 22.4. The zero-order valence-corrected chi connectivity index (χ0v) is 15.7. The van der Waals surface area contributed by atoms with E-state index in [1.54, 1.807) is 0 Å². The number of hydrogen-bond donors (Lipinski definition) is 2. The average Bonchev–Trinajstić information content (AvgIpc) is 2.74. The quantitative estimate of drug-likeness (QED) is 0.329. The van der Waals surface area contributed by atoms with Crippen molar-refractivity contribution < 1.29 is 32.5 Å². The summed E-state index contributed by atoms with van der Waals surface area (Å²) in [6.45, 7) is -3.11. The highest BCUT2D eigenvalue weighted by atomic mass is 19.3. The van der Waals surface area contributed by atoms with Gasteiger partial charge in [0.05, 0.1) is 48.7 Å². The largest absolute Gasteiger partial charge is 0.495 e. The Hall–Kier alpha value is -4.29. The third-order valence-corrected chi connectivity index (χ3v) is 3.65. The third-order valence-electron chi connectivity index (χ3n) is 3.65. The van der Waals surface area contributed by atoms with Crippen LogP contribution in [0.25, 0.3) is 11.3 Å². The molecular weight excluding hydrogens is 421 g/mol. The van der Waals surface area contributed by atoms with Crippen molar-refractivity contribution in [2.75, 3.05) is 7.11 Å². The molecule has 3 aromatic heterocycles. The summed E-state index contributed by atoms with van der Waals surface area (Å²) < 4.78 is 47.1. The van der Waals surface area contributed by atoms with E-state index in [2.05, 4.69) is 35.2 Å². The van der Waals surface area contributed by atoms with Gasteiger partial charge in [0.25, 0.3) is 5.91 Å². The van der Waals surface area contributed by atoms with E-state index in [1.807, 2.05) is 0 Å². The summed E-state index contributed by atoms with van der Waals surface area (Å²) >= 11 is 0. The van der Waals surface area contributed by atoms with Gasteiger partial charge in [-0.2, -0.15) is 23.3 Å². The normalized spacial score (nSPS) is 11.0. The van der Waals surface area contributed by atoms with E-state index in [1.165, 1.54) is 31.6 Å². The van der Waals surface area contributed by atoms with Crippen molar-refractivity contribution in [2.24, 2.45) is 5.10 Å². The maximum atomic E-state index is 13.7. The fraction of sp³-hybridized carbons (Fsp3) is 0.111. The van der Waals surface area contributed by atoms with Crippen LogP contribution in [-0.4, -0.2) is 50.9 Å². The summed E-state index contributed by atoms with van der Waals surface area (Å²) in [7, 11) is 1.38. The third kappa shape index (κ3) is 5.41. The number of nitrogens with one attached hydrogen (secondary N) is 1. The van der Waals surface area contributed by atoms with Crippen LogP contribution in [0, 0.1) is 5.95 Å². The van der Waals surface area contributed by atoms with Gasteiger partial charge in [0.2, 0.25) is 17.7 Å². The van der Waals surface area contributed by atoms with E-state index in [-0.39, 0.29) is 22.5 Å². The van der Waals surface area contributed by atoms with Crippen LogP contribution in [0.3, 0.4) is 0 Å². The predicted octanol–water partition coefficient (Wildman–Crippen LogP) is 2.15. The van der Waals surface area contributed by atoms with E-state index < -0.39 is 30.2 Å². The molecular formula is C18H13F3N6O4. The summed E-state index contributed by atoms with van der Waals surface area (Å²) in [6.07, 6.45) is 4.56. The molecule has 0 bridgehead atoms. The summed E-state index contributed by atoms with van der Waals surface area (Å²) in [5, 5.41) is 13.6. The van der Waals surface area contributed by atoms with E-state index in [4.69, 9.17) is 4.74 Å². The van der Waals surface area contributed by atoms with Crippen LogP contribution in [0.5, 0.6) is 17.5 Å². The molecule has 2 N–H and O–H groups in total. The van der Waals surface area contributed by atoms with Gasteiger partial charge in [0.15, 0.2) is 0 Å². The molecule has 0 unspecified atom stereocenters. The molecule has 13 heteroatoms. The fourth-order valence-corrected chi connectivity index (χ4v) is 2.26. The molecule has 10 nitrogen and oxygen atoms in total. The number of carbonyl (C=O) groups is 1. The van der Waals surface area contributed by atoms with Gasteiger partial charge in [-0.1, -0.05) is 0 Å². The number of amides is 1. The first kappa shape index (κ1) is 21.4. The first-order chi connectivity index (χ1) is 14.9. The summed E-state index contributed by atoms with van der Waals surface area (Å²) in [5.74, 6) is -2.45. The number of aromatic hydroxyl groups is 1. The van der Waals surface area contributed by atoms with E-state index in [9.17, 15) is 23.1 Å². The first-order valence-electron chi connectivity index (χ1n) is 8.37. The molecule has 3 heterocycles. The number of alkyl halides is 2. The van der Waals surface area contributed by atoms with Crippen molar-refractivity contribution in [3.63, 3.8) is 0 Å². The minimum atomic E-state index is -3.11. The van der Waals surface area contributed by atoms with Crippen LogP contribution >= 0.6 is 0 Å². The van der Waals surface area contributed by atoms with Gasteiger partial charge in [-0.15, -0.1) is 0 Å². The maximum Gasteiger partial charge on any atom is 0.388 e. The molecule has 31 heavy (non-hydrogen) atoms. The van der Waals surface area contributed by atoms with Crippen LogP contribution in [-0.2, 0) is 0 Å². The van der Waals surface area contributed by atoms with Gasteiger partial charge in [-0.25, -0.2) is 15.4 Å². The monoisotopic (exact) mass is 434 g/mol. The van der Waals surface area contributed by atoms with Gasteiger partial charge in [0, 0.05) is 6.07 Å². The number of nitrogens with zero attached hydrogens (tertiary/aromatic N) is 5. The molecule has 0 aliphatic rings. The topological polar surface area (TPSA) is 132 Å². The Morgan fingerprint density at radius 2 is 2.06 bits per heavy atom. The number of ether oxygens (including phenoxy) is 2. The highest BCUT2D eigenvalue weighted by Gasteiger charge is 2.15. The van der Waals surface area contributed by atoms with E-state index in [0.29, 0.717) is 5.75 Å². The highest BCUT2D eigenvalue weighted by molar-refractivity contribution is 5.93. The molecule has 0 spiro atoms. The Morgan fingerprint density at radius 1 is 1.26 bits per heavy atom. The molecule has 3 aromatic rings. The van der Waals surface area contributed by atoms with Crippen LogP contribution in [0.1, 0.15) is 16.1 Å². The summed E-state index contributed by atoms with van der Waals surface area (Å²) in [6, 6.07) is 3.65. The van der Waals surface area contributed by atoms with Crippen molar-refractivity contribution in [3.8, 4) is 28.8 Å². The Bertz CT molecular complexity index is 1130. The number of methoxy groups -OCH3 is 1. The molecule has 1 amide bonds. The molecule has 160 valence electrons. The number of hydrogen-bond acceptors (Lipinski definition) is 9. The Balaban J connectivity index is 1.75. The van der Waals surface area contributed by atoms with Crippen molar-refractivity contribution in [1.29, 1.82) is 0 Å². The van der Waals surface area contributed by atoms with E-state index >= 15 is 0 Å². The van der Waals surface area contributed by atoms with Gasteiger partial charge in [0.1, 0.15) is 11.4 Å². The van der Waals surface area contributed by atoms with Gasteiger partial charge in [-0.3, -0.25) is 9.78 Å². The minimum absolute atomic E-state index is 0.0248. The fourth-order valence-electron chi connectivity index (χ4n) is 2.26. The summed E-state index contributed by atoms with van der Waals surface area (Å²) in [5.41, 5.74) is 1.99. The number of rotatable bonds is 7. The first-order valence-corrected chi connectivity index (χ1v) is 8.37. The molecule has 0 aliphatic heterocycles. The molecule has 0 aliphatic carbocycles. The van der Waals surface area contributed by atoms with Gasteiger partial charge < -0.3 is 14.6 Å². The van der Waals surface area contributed by atoms with Gasteiger partial charge in [-0.05, 0) is 12.1 Å². The smallest absolute Gasteiger partial charge is 0.388 e. The lowest BCUT2D eigenvalue weighted by atomic mass is 10.2. The SMILES string of the molecule is COc1cnc(F)c(/C=N/NC(=O)c2cncc(-c3ccc(OC(F)F)nc3O)n2)c1. The second kappa shape index (κ2) is 9.47. The minimum Gasteiger partial charge on any atom is -0.495 e. The average molecular weight is 434 g/mol. The lowest BCUT2D eigenvalue weighted by Crippen LogP contribution is -2.19. The van der Waals surface area contributed by atoms with Crippen molar-refractivity contribution in [3.05, 3.63) is 54.0 Å². The maximum absolute atomic E-state index is 13.7. The van der Waals surface area contributed by atoms with Crippen molar-refractivity contribution >= 4 is 12.1 Å². The van der Waals surface area contributed by atoms with Gasteiger partial charge >= 0.3 is 6.61 Å². The molecule has 0 radical (unpaired) electrons. The molecule has 0 aromatic carbocycles. The predicted molar refractivity (Wildman–Crippen MR) is 99.4 cm³/mol. The Labute approximate surface area is 172 Å². The van der Waals surface area contributed by atoms with Crippen LogP contribution in [0.2, 0.25) is 0 Å². The standard InChI is InChI=1S/C18H13F3N6O4/c1-30-10-4-9(15(19)23-6-10)5-24-27-17(29)13-8-22-7-12(25-13)11-2-3-14(26-16(11)28)31-18(20)21/h2-8,18H,1H3,(H,26,28)(H,27,29)/b24-5+. The Kier molecular flexibility index (Phi) is 6.54. The molecule has 0 saturated heterocycles. The molecule has 0 fully saturated rings. The van der Waals surface area contributed by atoms with Crippen LogP contribution in [0.15, 0.2) is 41.9 Å². The zero-order valence-electron chi connectivity index (χ0n) is 15.7. The van der Waals surface area contributed by atoms with Crippen LogP contribution < -0.4 is 14.9 Å². The van der Waals surface area contributed by atoms with E-state index in [0.717, 1.165) is 18.5 Å². The number of halogens is 3.